The first-order valence-corrected chi connectivity index (χ1v) is 12.3. The van der Waals surface area contributed by atoms with Crippen LogP contribution in [0, 0.1) is 0 Å². The number of H-pyrrole nitrogens is 1. The molecule has 3 aromatic heterocycles. The zero-order chi connectivity index (χ0) is 23.0. The number of esters is 1. The van der Waals surface area contributed by atoms with Crippen molar-refractivity contribution in [3.63, 3.8) is 0 Å². The highest BCUT2D eigenvalue weighted by Crippen LogP contribution is 2.40. The van der Waals surface area contributed by atoms with Crippen molar-refractivity contribution in [2.45, 2.75) is 63.3 Å². The van der Waals surface area contributed by atoms with Crippen LogP contribution in [0.15, 0.2) is 16.0 Å². The summed E-state index contributed by atoms with van der Waals surface area (Å²) < 4.78 is 7.00. The number of thioether (sulfide) groups is 1. The van der Waals surface area contributed by atoms with Gasteiger partial charge in [0.2, 0.25) is 11.7 Å². The zero-order valence-electron chi connectivity index (χ0n) is 18.4. The molecule has 0 saturated heterocycles. The molecule has 1 atom stereocenters. The van der Waals surface area contributed by atoms with E-state index < -0.39 is 11.2 Å². The largest absolute Gasteiger partial charge is 0.462 e. The van der Waals surface area contributed by atoms with Crippen molar-refractivity contribution in [2.75, 3.05) is 11.9 Å². The molecule has 2 N–H and O–H groups in total. The lowest BCUT2D eigenvalue weighted by atomic mass is 10.1. The number of hydrogen-bond acceptors (Lipinski definition) is 8. The van der Waals surface area contributed by atoms with Gasteiger partial charge < -0.3 is 10.1 Å². The highest BCUT2D eigenvalue weighted by molar-refractivity contribution is 8.00. The van der Waals surface area contributed by atoms with E-state index in [0.29, 0.717) is 21.5 Å². The van der Waals surface area contributed by atoms with Gasteiger partial charge in [-0.05, 0) is 44.6 Å². The number of rotatable bonds is 7. The lowest BCUT2D eigenvalue weighted by Gasteiger charge is -2.13. The van der Waals surface area contributed by atoms with E-state index in [-0.39, 0.29) is 24.0 Å². The molecule has 3 aromatic rings. The minimum Gasteiger partial charge on any atom is -0.462 e. The van der Waals surface area contributed by atoms with E-state index in [1.807, 2.05) is 13.8 Å². The second-order valence-electron chi connectivity index (χ2n) is 7.89. The van der Waals surface area contributed by atoms with Gasteiger partial charge in [-0.1, -0.05) is 25.6 Å². The Bertz CT molecular complexity index is 1240. The smallest absolute Gasteiger partial charge is 0.341 e. The van der Waals surface area contributed by atoms with Crippen molar-refractivity contribution in [3.05, 3.63) is 38.1 Å². The van der Waals surface area contributed by atoms with Gasteiger partial charge in [-0.3, -0.25) is 19.0 Å². The Labute approximate surface area is 193 Å². The maximum Gasteiger partial charge on any atom is 0.341 e. The third kappa shape index (κ3) is 4.18. The number of hydrogen-bond donors (Lipinski definition) is 2. The molecular formula is C21H25N5O4S2. The maximum absolute atomic E-state index is 13.0. The third-order valence-electron chi connectivity index (χ3n) is 5.29. The third-order valence-corrected chi connectivity index (χ3v) is 7.54. The van der Waals surface area contributed by atoms with Crippen LogP contribution < -0.4 is 10.9 Å². The molecule has 170 valence electrons. The molecule has 3 heterocycles. The Morgan fingerprint density at radius 1 is 1.31 bits per heavy atom. The summed E-state index contributed by atoms with van der Waals surface area (Å²) in [6.45, 7) is 7.77. The van der Waals surface area contributed by atoms with Crippen LogP contribution in [0.1, 0.15) is 66.5 Å². The quantitative estimate of drug-likeness (QED) is 0.397. The molecule has 1 amide bonds. The lowest BCUT2D eigenvalue weighted by molar-refractivity contribution is -0.115. The lowest BCUT2D eigenvalue weighted by Crippen LogP contribution is -2.24. The van der Waals surface area contributed by atoms with E-state index >= 15 is 0 Å². The standard InChI is InChI=1S/C21H25N5O4S2/c1-5-30-19(29)16-12-7-6-8-14(12)32-18(16)23-17(28)11(4)31-21-25-24-20-22-15(27)9-13(10(2)3)26(20)21/h9-11H,5-8H2,1-4H3,(H,23,28)(H,22,24,27). The Kier molecular flexibility index (Phi) is 6.38. The number of thiophene rings is 1. The summed E-state index contributed by atoms with van der Waals surface area (Å²) in [6, 6.07) is 1.52. The Morgan fingerprint density at radius 3 is 2.81 bits per heavy atom. The fraction of sp³-hybridized carbons (Fsp3) is 0.476. The molecule has 32 heavy (non-hydrogen) atoms. The van der Waals surface area contributed by atoms with Crippen LogP contribution in [0.25, 0.3) is 5.78 Å². The number of anilines is 1. The number of amides is 1. The minimum atomic E-state index is -0.513. The molecule has 0 radical (unpaired) electrons. The molecule has 9 nitrogen and oxygen atoms in total. The number of aromatic amines is 1. The van der Waals surface area contributed by atoms with Crippen molar-refractivity contribution < 1.29 is 14.3 Å². The van der Waals surface area contributed by atoms with Gasteiger partial charge in [-0.15, -0.1) is 21.5 Å². The summed E-state index contributed by atoms with van der Waals surface area (Å²) in [5.41, 5.74) is 2.01. The van der Waals surface area contributed by atoms with Crippen molar-refractivity contribution in [3.8, 4) is 0 Å². The molecule has 1 aliphatic rings. The second kappa shape index (κ2) is 9.07. The van der Waals surface area contributed by atoms with Gasteiger partial charge in [0.1, 0.15) is 5.00 Å². The second-order valence-corrected chi connectivity index (χ2v) is 10.3. The zero-order valence-corrected chi connectivity index (χ0v) is 20.0. The molecule has 0 saturated carbocycles. The van der Waals surface area contributed by atoms with Crippen molar-refractivity contribution in [1.29, 1.82) is 0 Å². The number of aromatic nitrogens is 4. The monoisotopic (exact) mass is 475 g/mol. The van der Waals surface area contributed by atoms with Crippen LogP contribution in [0.2, 0.25) is 0 Å². The van der Waals surface area contributed by atoms with E-state index in [1.54, 1.807) is 18.2 Å². The summed E-state index contributed by atoms with van der Waals surface area (Å²) in [5, 5.41) is 11.7. The predicted octanol–water partition coefficient (Wildman–Crippen LogP) is 3.39. The van der Waals surface area contributed by atoms with Gasteiger partial charge in [-0.2, -0.15) is 0 Å². The number of carbonyl (C=O) groups excluding carboxylic acids is 2. The van der Waals surface area contributed by atoms with Crippen LogP contribution >= 0.6 is 23.1 Å². The maximum atomic E-state index is 13.0. The highest BCUT2D eigenvalue weighted by atomic mass is 32.2. The molecule has 0 bridgehead atoms. The summed E-state index contributed by atoms with van der Waals surface area (Å²) in [4.78, 5) is 41.3. The van der Waals surface area contributed by atoms with E-state index in [9.17, 15) is 14.4 Å². The number of carbonyl (C=O) groups is 2. The molecule has 0 aliphatic heterocycles. The summed E-state index contributed by atoms with van der Waals surface area (Å²) in [7, 11) is 0. The normalized spacial score (nSPS) is 14.0. The van der Waals surface area contributed by atoms with Gasteiger partial charge in [0.25, 0.3) is 5.56 Å². The number of ether oxygens (including phenoxy) is 1. The van der Waals surface area contributed by atoms with Crippen LogP contribution in [-0.2, 0) is 22.4 Å². The molecule has 0 aromatic carbocycles. The number of nitrogens with one attached hydrogen (secondary N) is 2. The summed E-state index contributed by atoms with van der Waals surface area (Å²) in [6.07, 6.45) is 2.74. The average molecular weight is 476 g/mol. The fourth-order valence-corrected chi connectivity index (χ4v) is 5.91. The van der Waals surface area contributed by atoms with Gasteiger partial charge in [0.05, 0.1) is 17.4 Å². The van der Waals surface area contributed by atoms with Crippen molar-refractivity contribution in [1.82, 2.24) is 19.6 Å². The molecule has 11 heteroatoms. The number of fused-ring (bicyclic) bond motifs is 2. The van der Waals surface area contributed by atoms with E-state index in [2.05, 4.69) is 20.5 Å². The summed E-state index contributed by atoms with van der Waals surface area (Å²) >= 11 is 2.70. The molecule has 0 spiro atoms. The van der Waals surface area contributed by atoms with Gasteiger partial charge in [0.15, 0.2) is 5.16 Å². The molecule has 0 fully saturated rings. The summed E-state index contributed by atoms with van der Waals surface area (Å²) in [5.74, 6) is -0.222. The van der Waals surface area contributed by atoms with E-state index in [0.717, 1.165) is 35.4 Å². The molecule has 4 rings (SSSR count). The highest BCUT2D eigenvalue weighted by Gasteiger charge is 2.29. The van der Waals surface area contributed by atoms with Crippen LogP contribution in [-0.4, -0.2) is 43.3 Å². The molecular weight excluding hydrogens is 450 g/mol. The first kappa shape index (κ1) is 22.5. The van der Waals surface area contributed by atoms with Crippen LogP contribution in [0.5, 0.6) is 0 Å². The van der Waals surface area contributed by atoms with Crippen molar-refractivity contribution in [2.24, 2.45) is 0 Å². The van der Waals surface area contributed by atoms with Crippen LogP contribution in [0.3, 0.4) is 0 Å². The SMILES string of the molecule is CCOC(=O)c1c(NC(=O)C(C)Sc2nnc3[nH]c(=O)cc(C(C)C)n23)sc2c1CCC2. The Balaban J connectivity index is 1.58. The average Bonchev–Trinajstić information content (AvgIpc) is 3.42. The fourth-order valence-electron chi connectivity index (χ4n) is 3.77. The molecule has 1 unspecified atom stereocenters. The van der Waals surface area contributed by atoms with Gasteiger partial charge >= 0.3 is 5.97 Å². The number of nitrogens with zero attached hydrogens (tertiary/aromatic N) is 3. The first-order valence-electron chi connectivity index (χ1n) is 10.6. The molecule has 1 aliphatic carbocycles. The first-order chi connectivity index (χ1) is 15.3. The Hall–Kier alpha value is -2.66. The van der Waals surface area contributed by atoms with Gasteiger partial charge in [0, 0.05) is 16.6 Å². The number of aryl methyl sites for hydroxylation is 1. The minimum absolute atomic E-state index is 0.0694. The van der Waals surface area contributed by atoms with Crippen molar-refractivity contribution >= 4 is 45.8 Å². The predicted molar refractivity (Wildman–Crippen MR) is 124 cm³/mol. The van der Waals surface area contributed by atoms with E-state index in [4.69, 9.17) is 4.74 Å². The van der Waals surface area contributed by atoms with E-state index in [1.165, 1.54) is 29.2 Å². The van der Waals surface area contributed by atoms with Gasteiger partial charge in [-0.25, -0.2) is 4.79 Å². The van der Waals surface area contributed by atoms with Crippen LogP contribution in [0.4, 0.5) is 5.00 Å². The Morgan fingerprint density at radius 2 is 2.09 bits per heavy atom. The topological polar surface area (TPSA) is 118 Å².